The molecule has 2 atom stereocenters. The highest BCUT2D eigenvalue weighted by atomic mass is 16.5. The molecule has 0 fully saturated rings. The first-order chi connectivity index (χ1) is 40.5. The highest BCUT2D eigenvalue weighted by molar-refractivity contribution is 5.76. The maximum absolute atomic E-state index is 12.6. The lowest BCUT2D eigenvalue weighted by Crippen LogP contribution is -2.45. The maximum atomic E-state index is 12.6. The topological polar surface area (TPSA) is 95.9 Å². The fourth-order valence-electron chi connectivity index (χ4n) is 12.6. The van der Waals surface area contributed by atoms with Crippen molar-refractivity contribution in [2.24, 2.45) is 0 Å². The summed E-state index contributed by atoms with van der Waals surface area (Å²) >= 11 is 0. The third-order valence-electron chi connectivity index (χ3n) is 18.4. The summed E-state index contributed by atoms with van der Waals surface area (Å²) in [7, 11) is 0. The average molecular weight is 1160 g/mol. The van der Waals surface area contributed by atoms with E-state index in [4.69, 9.17) is 4.74 Å². The van der Waals surface area contributed by atoms with E-state index < -0.39 is 12.1 Å². The Bertz CT molecular complexity index is 1200. The maximum Gasteiger partial charge on any atom is 0.305 e. The zero-order valence-corrected chi connectivity index (χ0v) is 56.3. The fourth-order valence-corrected chi connectivity index (χ4v) is 12.6. The van der Waals surface area contributed by atoms with Crippen molar-refractivity contribution in [2.45, 2.75) is 463 Å². The number of amides is 1. The number of hydrogen-bond donors (Lipinski definition) is 3. The number of ether oxygens (including phenoxy) is 1. The Morgan fingerprint density at radius 1 is 0.293 bits per heavy atom. The molecule has 490 valence electrons. The van der Waals surface area contributed by atoms with Crippen molar-refractivity contribution in [3.05, 3.63) is 0 Å². The van der Waals surface area contributed by atoms with Crippen LogP contribution in [0.3, 0.4) is 0 Å². The van der Waals surface area contributed by atoms with Crippen LogP contribution >= 0.6 is 0 Å². The number of unbranched alkanes of at least 4 members (excludes halogenated alkanes) is 62. The van der Waals surface area contributed by atoms with Gasteiger partial charge in [0, 0.05) is 12.8 Å². The van der Waals surface area contributed by atoms with Gasteiger partial charge in [0.05, 0.1) is 25.4 Å². The molecular weight excluding hydrogens is 1010 g/mol. The number of aliphatic hydroxyl groups excluding tert-OH is 2. The SMILES string of the molecule is CCCCCCCCCCCCCCCCCCCCCCCC(O)C(CO)NC(=O)CCCCCCCCCCCCCCCCCCCCCCCCCCCOC(=O)CCCCCCCCCCCCCCCCCCCCC. The molecule has 6 heteroatoms. The normalized spacial score (nSPS) is 12.4. The van der Waals surface area contributed by atoms with Crippen LogP contribution in [0.5, 0.6) is 0 Å². The van der Waals surface area contributed by atoms with Crippen LogP contribution in [0.2, 0.25) is 0 Å². The molecular formula is C76H151NO5. The molecule has 0 saturated heterocycles. The summed E-state index contributed by atoms with van der Waals surface area (Å²) in [6.07, 6.45) is 88.9. The van der Waals surface area contributed by atoms with Crippen molar-refractivity contribution in [2.75, 3.05) is 13.2 Å². The van der Waals surface area contributed by atoms with Crippen molar-refractivity contribution >= 4 is 11.9 Å². The summed E-state index contributed by atoms with van der Waals surface area (Å²) in [6.45, 7) is 5.02. The Labute approximate surface area is 515 Å². The van der Waals surface area contributed by atoms with Gasteiger partial charge in [0.25, 0.3) is 0 Å². The molecule has 0 bridgehead atoms. The molecule has 2 unspecified atom stereocenters. The molecule has 6 nitrogen and oxygen atoms in total. The minimum Gasteiger partial charge on any atom is -0.466 e. The number of carbonyl (C=O) groups is 2. The Morgan fingerprint density at radius 2 is 0.500 bits per heavy atom. The average Bonchev–Trinajstić information content (AvgIpc) is 3.48. The number of nitrogens with one attached hydrogen (secondary N) is 1. The standard InChI is InChI=1S/C76H151NO5/c1-3-5-7-9-11-13-15-17-19-21-23-29-33-36-40-44-48-52-56-60-64-68-74(79)73(72-78)77-75(80)69-65-61-57-53-49-45-41-37-34-30-27-25-24-26-28-31-35-39-43-47-51-55-59-63-67-71-82-76(81)70-66-62-58-54-50-46-42-38-32-22-20-18-16-14-12-10-8-6-4-2/h73-74,78-79H,3-72H2,1-2H3,(H,77,80). The predicted octanol–water partition coefficient (Wildman–Crippen LogP) is 24.9. The van der Waals surface area contributed by atoms with Gasteiger partial charge in [-0.25, -0.2) is 0 Å². The van der Waals surface area contributed by atoms with Gasteiger partial charge in [-0.15, -0.1) is 0 Å². The van der Waals surface area contributed by atoms with Crippen molar-refractivity contribution in [1.82, 2.24) is 5.32 Å². The Hall–Kier alpha value is -1.14. The van der Waals surface area contributed by atoms with Gasteiger partial charge in [0.1, 0.15) is 0 Å². The third-order valence-corrected chi connectivity index (χ3v) is 18.4. The van der Waals surface area contributed by atoms with Crippen molar-refractivity contribution in [3.63, 3.8) is 0 Å². The van der Waals surface area contributed by atoms with Gasteiger partial charge >= 0.3 is 5.97 Å². The van der Waals surface area contributed by atoms with Crippen LogP contribution in [0.4, 0.5) is 0 Å². The van der Waals surface area contributed by atoms with Crippen LogP contribution in [0, 0.1) is 0 Å². The van der Waals surface area contributed by atoms with Crippen LogP contribution in [0.25, 0.3) is 0 Å². The second-order valence-electron chi connectivity index (χ2n) is 26.7. The van der Waals surface area contributed by atoms with Crippen LogP contribution in [0.1, 0.15) is 450 Å². The molecule has 0 radical (unpaired) electrons. The Balaban J connectivity index is 3.33. The Morgan fingerprint density at radius 3 is 0.744 bits per heavy atom. The molecule has 0 aromatic carbocycles. The van der Waals surface area contributed by atoms with E-state index in [0.29, 0.717) is 25.9 Å². The fraction of sp³-hybridized carbons (Fsp3) is 0.974. The minimum atomic E-state index is -0.663. The van der Waals surface area contributed by atoms with Gasteiger partial charge in [0.15, 0.2) is 0 Å². The number of aliphatic hydroxyl groups is 2. The predicted molar refractivity (Wildman–Crippen MR) is 361 cm³/mol. The second-order valence-corrected chi connectivity index (χ2v) is 26.7. The number of esters is 1. The summed E-state index contributed by atoms with van der Waals surface area (Å²) in [4.78, 5) is 24.7. The summed E-state index contributed by atoms with van der Waals surface area (Å²) < 4.78 is 5.52. The quantitative estimate of drug-likeness (QED) is 0.0417. The molecule has 0 spiro atoms. The zero-order chi connectivity index (χ0) is 59.2. The second kappa shape index (κ2) is 72.3. The molecule has 82 heavy (non-hydrogen) atoms. The largest absolute Gasteiger partial charge is 0.466 e. The number of carbonyl (C=O) groups excluding carboxylic acids is 2. The molecule has 0 aliphatic heterocycles. The summed E-state index contributed by atoms with van der Waals surface area (Å²) in [5, 5.41) is 23.4. The lowest BCUT2D eigenvalue weighted by atomic mass is 10.0. The highest BCUT2D eigenvalue weighted by Crippen LogP contribution is 2.20. The van der Waals surface area contributed by atoms with E-state index in [1.807, 2.05) is 0 Å². The monoisotopic (exact) mass is 1160 g/mol. The van der Waals surface area contributed by atoms with Crippen LogP contribution in [0.15, 0.2) is 0 Å². The summed E-state index contributed by atoms with van der Waals surface area (Å²) in [5.41, 5.74) is 0. The smallest absolute Gasteiger partial charge is 0.305 e. The lowest BCUT2D eigenvalue weighted by Gasteiger charge is -2.22. The molecule has 3 N–H and O–H groups in total. The van der Waals surface area contributed by atoms with E-state index in [-0.39, 0.29) is 18.5 Å². The first kappa shape index (κ1) is 80.9. The molecule has 0 aromatic heterocycles. The van der Waals surface area contributed by atoms with E-state index in [9.17, 15) is 19.8 Å². The van der Waals surface area contributed by atoms with E-state index in [2.05, 4.69) is 19.2 Å². The molecule has 1 amide bonds. The van der Waals surface area contributed by atoms with Crippen molar-refractivity contribution in [3.8, 4) is 0 Å². The first-order valence-electron chi connectivity index (χ1n) is 38.3. The minimum absolute atomic E-state index is 0.0230. The molecule has 0 aliphatic rings. The number of rotatable bonds is 73. The van der Waals surface area contributed by atoms with E-state index in [1.165, 1.54) is 379 Å². The van der Waals surface area contributed by atoms with Crippen LogP contribution in [-0.4, -0.2) is 47.4 Å². The van der Waals surface area contributed by atoms with E-state index >= 15 is 0 Å². The van der Waals surface area contributed by atoms with Crippen molar-refractivity contribution < 1.29 is 24.5 Å². The summed E-state index contributed by atoms with van der Waals surface area (Å²) in [6, 6.07) is -0.540. The molecule has 0 aliphatic carbocycles. The van der Waals surface area contributed by atoms with Gasteiger partial charge in [-0.2, -0.15) is 0 Å². The highest BCUT2D eigenvalue weighted by Gasteiger charge is 2.20. The first-order valence-corrected chi connectivity index (χ1v) is 38.3. The van der Waals surface area contributed by atoms with Gasteiger partial charge < -0.3 is 20.3 Å². The van der Waals surface area contributed by atoms with Gasteiger partial charge in [-0.1, -0.05) is 412 Å². The van der Waals surface area contributed by atoms with Gasteiger partial charge in [-0.05, 0) is 25.7 Å². The van der Waals surface area contributed by atoms with Gasteiger partial charge in [-0.3, -0.25) is 9.59 Å². The lowest BCUT2D eigenvalue weighted by molar-refractivity contribution is -0.143. The molecule has 0 saturated carbocycles. The van der Waals surface area contributed by atoms with Crippen LogP contribution in [-0.2, 0) is 14.3 Å². The van der Waals surface area contributed by atoms with E-state index in [1.54, 1.807) is 0 Å². The van der Waals surface area contributed by atoms with E-state index in [0.717, 1.165) is 38.5 Å². The van der Waals surface area contributed by atoms with Crippen molar-refractivity contribution in [1.29, 1.82) is 0 Å². The molecule has 0 heterocycles. The zero-order valence-electron chi connectivity index (χ0n) is 56.3. The third kappa shape index (κ3) is 68.0. The molecule has 0 rings (SSSR count). The van der Waals surface area contributed by atoms with Crippen LogP contribution < -0.4 is 5.32 Å². The Kier molecular flexibility index (Phi) is 71.3. The number of hydrogen-bond acceptors (Lipinski definition) is 5. The molecule has 0 aromatic rings. The van der Waals surface area contributed by atoms with Gasteiger partial charge in [0.2, 0.25) is 5.91 Å². The summed E-state index contributed by atoms with van der Waals surface area (Å²) in [5.74, 6) is -0.00433.